The summed E-state index contributed by atoms with van der Waals surface area (Å²) in [6.07, 6.45) is 3.77. The first-order chi connectivity index (χ1) is 9.28. The van der Waals surface area contributed by atoms with E-state index in [-0.39, 0.29) is 23.7 Å². The van der Waals surface area contributed by atoms with Crippen LogP contribution in [0.2, 0.25) is 0 Å². The topological polar surface area (TPSA) is 72.9 Å². The smallest absolute Gasteiger partial charge is 0.427 e. The molecule has 108 valence electrons. The Kier molecular flexibility index (Phi) is 2.68. The van der Waals surface area contributed by atoms with Crippen LogP contribution in [-0.2, 0) is 19.2 Å². The van der Waals surface area contributed by atoms with Gasteiger partial charge in [-0.1, -0.05) is 17.2 Å². The van der Waals surface area contributed by atoms with Crippen LogP contribution < -0.4 is 0 Å². The van der Waals surface area contributed by atoms with E-state index in [1.165, 1.54) is 0 Å². The first-order valence-corrected chi connectivity index (χ1v) is 6.75. The number of nitrogens with zero attached hydrogens (tertiary/aromatic N) is 1. The molecule has 2 amide bonds. The summed E-state index contributed by atoms with van der Waals surface area (Å²) in [6.45, 7) is 5.04. The molecule has 0 aromatic rings. The summed E-state index contributed by atoms with van der Waals surface area (Å²) < 4.78 is 4.96. The molecule has 2 aliphatic carbocycles. The molecule has 0 spiro atoms. The first kappa shape index (κ1) is 13.1. The summed E-state index contributed by atoms with van der Waals surface area (Å²) >= 11 is 0. The van der Waals surface area contributed by atoms with Crippen molar-refractivity contribution in [2.24, 2.45) is 23.7 Å². The van der Waals surface area contributed by atoms with E-state index in [0.717, 1.165) is 6.42 Å². The van der Waals surface area contributed by atoms with Gasteiger partial charge in [0.2, 0.25) is 0 Å². The van der Waals surface area contributed by atoms with Crippen LogP contribution >= 0.6 is 0 Å². The number of carbonyl (C=O) groups excluding carboxylic acids is 3. The molecule has 2 fully saturated rings. The fraction of sp³-hybridized carbons (Fsp3) is 0.643. The first-order valence-electron chi connectivity index (χ1n) is 6.75. The predicted molar refractivity (Wildman–Crippen MR) is 66.9 cm³/mol. The maximum Gasteiger partial charge on any atom is 0.534 e. The summed E-state index contributed by atoms with van der Waals surface area (Å²) in [6, 6.07) is 0. The second-order valence-corrected chi connectivity index (χ2v) is 6.53. The van der Waals surface area contributed by atoms with Gasteiger partial charge in [0.15, 0.2) is 0 Å². The van der Waals surface area contributed by atoms with E-state index in [9.17, 15) is 14.4 Å². The minimum atomic E-state index is -1.03. The van der Waals surface area contributed by atoms with Crippen LogP contribution in [0.5, 0.6) is 0 Å². The Morgan fingerprint density at radius 3 is 2.10 bits per heavy atom. The molecular formula is C14H17NO5. The van der Waals surface area contributed by atoms with Gasteiger partial charge in [0.25, 0.3) is 11.8 Å². The Bertz CT molecular complexity index is 488. The third kappa shape index (κ3) is 1.90. The minimum absolute atomic E-state index is 0.0914. The average molecular weight is 279 g/mol. The van der Waals surface area contributed by atoms with Crippen molar-refractivity contribution in [2.45, 2.75) is 32.8 Å². The molecule has 20 heavy (non-hydrogen) atoms. The van der Waals surface area contributed by atoms with Gasteiger partial charge in [-0.3, -0.25) is 14.4 Å². The SMILES string of the molecule is CC(C)(C)OC(=O)ON1C(=O)[C@@H]2[C@@H](C1=O)[C@H]1C=C[C@H]2C1. The molecule has 1 saturated heterocycles. The van der Waals surface area contributed by atoms with E-state index >= 15 is 0 Å². The Labute approximate surface area is 116 Å². The molecule has 1 heterocycles. The lowest BCUT2D eigenvalue weighted by Gasteiger charge is -2.21. The van der Waals surface area contributed by atoms with Crippen molar-refractivity contribution in [3.63, 3.8) is 0 Å². The van der Waals surface area contributed by atoms with Gasteiger partial charge in [0, 0.05) is 0 Å². The number of amides is 2. The van der Waals surface area contributed by atoms with Crippen molar-refractivity contribution >= 4 is 18.0 Å². The van der Waals surface area contributed by atoms with Crippen LogP contribution in [0.3, 0.4) is 0 Å². The quantitative estimate of drug-likeness (QED) is 0.414. The monoisotopic (exact) mass is 279 g/mol. The maximum absolute atomic E-state index is 12.2. The molecule has 6 nitrogen and oxygen atoms in total. The lowest BCUT2D eigenvalue weighted by atomic mass is 9.85. The number of fused-ring (bicyclic) bond motifs is 5. The molecule has 0 radical (unpaired) electrons. The lowest BCUT2D eigenvalue weighted by Crippen LogP contribution is -2.37. The molecule has 2 bridgehead atoms. The van der Waals surface area contributed by atoms with E-state index in [4.69, 9.17) is 9.57 Å². The number of ether oxygens (including phenoxy) is 1. The molecular weight excluding hydrogens is 262 g/mol. The van der Waals surface area contributed by atoms with Crippen LogP contribution in [-0.4, -0.2) is 28.6 Å². The van der Waals surface area contributed by atoms with Gasteiger partial charge in [-0.05, 0) is 39.0 Å². The highest BCUT2D eigenvalue weighted by molar-refractivity contribution is 6.05. The number of allylic oxidation sites excluding steroid dienone is 2. The summed E-state index contributed by atoms with van der Waals surface area (Å²) in [5.41, 5.74) is -0.737. The Morgan fingerprint density at radius 2 is 1.65 bits per heavy atom. The van der Waals surface area contributed by atoms with Crippen molar-refractivity contribution < 1.29 is 24.0 Å². The molecule has 4 atom stereocenters. The molecule has 6 heteroatoms. The van der Waals surface area contributed by atoms with Crippen LogP contribution in [0.15, 0.2) is 12.2 Å². The average Bonchev–Trinajstić information content (AvgIpc) is 2.96. The number of rotatable bonds is 1. The number of imide groups is 1. The van der Waals surface area contributed by atoms with Gasteiger partial charge < -0.3 is 4.74 Å². The maximum atomic E-state index is 12.2. The zero-order valence-electron chi connectivity index (χ0n) is 11.7. The van der Waals surface area contributed by atoms with Crippen molar-refractivity contribution in [1.29, 1.82) is 0 Å². The highest BCUT2D eigenvalue weighted by Crippen LogP contribution is 2.52. The fourth-order valence-electron chi connectivity index (χ4n) is 3.31. The Morgan fingerprint density at radius 1 is 1.15 bits per heavy atom. The van der Waals surface area contributed by atoms with Crippen LogP contribution in [0, 0.1) is 23.7 Å². The van der Waals surface area contributed by atoms with Crippen LogP contribution in [0.1, 0.15) is 27.2 Å². The van der Waals surface area contributed by atoms with Gasteiger partial charge in [-0.25, -0.2) is 4.79 Å². The van der Waals surface area contributed by atoms with E-state index in [1.807, 2.05) is 12.2 Å². The van der Waals surface area contributed by atoms with E-state index in [1.54, 1.807) is 20.8 Å². The summed E-state index contributed by atoms with van der Waals surface area (Å²) in [7, 11) is 0. The number of hydrogen-bond donors (Lipinski definition) is 0. The molecule has 0 aromatic carbocycles. The van der Waals surface area contributed by atoms with Crippen molar-refractivity contribution in [1.82, 2.24) is 5.06 Å². The Hall–Kier alpha value is -1.85. The van der Waals surface area contributed by atoms with Crippen molar-refractivity contribution in [3.05, 3.63) is 12.2 Å². The van der Waals surface area contributed by atoms with E-state index in [2.05, 4.69) is 0 Å². The second kappa shape index (κ2) is 4.07. The molecule has 0 unspecified atom stereocenters. The molecule has 3 rings (SSSR count). The summed E-state index contributed by atoms with van der Waals surface area (Å²) in [4.78, 5) is 40.9. The van der Waals surface area contributed by atoms with Gasteiger partial charge in [-0.2, -0.15) is 0 Å². The van der Waals surface area contributed by atoms with Crippen LogP contribution in [0.25, 0.3) is 0 Å². The second-order valence-electron chi connectivity index (χ2n) is 6.53. The number of carbonyl (C=O) groups is 3. The van der Waals surface area contributed by atoms with Gasteiger partial charge in [0.05, 0.1) is 11.8 Å². The molecule has 1 saturated carbocycles. The molecule has 3 aliphatic rings. The zero-order valence-corrected chi connectivity index (χ0v) is 11.7. The summed E-state index contributed by atoms with van der Waals surface area (Å²) in [5, 5.41) is 0.593. The highest BCUT2D eigenvalue weighted by Gasteiger charge is 2.61. The number of hydroxylamine groups is 2. The summed E-state index contributed by atoms with van der Waals surface area (Å²) in [5.74, 6) is -1.42. The molecule has 0 N–H and O–H groups in total. The third-order valence-electron chi connectivity index (χ3n) is 3.99. The van der Waals surface area contributed by atoms with Crippen molar-refractivity contribution in [2.75, 3.05) is 0 Å². The van der Waals surface area contributed by atoms with Crippen molar-refractivity contribution in [3.8, 4) is 0 Å². The fourth-order valence-corrected chi connectivity index (χ4v) is 3.31. The predicted octanol–water partition coefficient (Wildman–Crippen LogP) is 1.66. The highest BCUT2D eigenvalue weighted by atomic mass is 16.8. The van der Waals surface area contributed by atoms with E-state index in [0.29, 0.717) is 5.06 Å². The van der Waals surface area contributed by atoms with Gasteiger partial charge in [0.1, 0.15) is 5.60 Å². The van der Waals surface area contributed by atoms with Gasteiger partial charge >= 0.3 is 6.16 Å². The third-order valence-corrected chi connectivity index (χ3v) is 3.99. The van der Waals surface area contributed by atoms with E-state index < -0.39 is 23.6 Å². The lowest BCUT2D eigenvalue weighted by molar-refractivity contribution is -0.183. The normalized spacial score (nSPS) is 34.6. The standard InChI is InChI=1S/C14H17NO5/c1-14(2,3)19-13(18)20-15-11(16)9-7-4-5-8(6-7)10(9)12(15)17/h4-5,7-10H,6H2,1-3H3/t7-,8-,9-,10-/m0/s1. The molecule has 1 aliphatic heterocycles. The minimum Gasteiger partial charge on any atom is -0.427 e. The number of hydrogen-bond acceptors (Lipinski definition) is 5. The Balaban J connectivity index is 1.72. The molecule has 0 aromatic heterocycles. The largest absolute Gasteiger partial charge is 0.534 e. The van der Waals surface area contributed by atoms with Gasteiger partial charge in [-0.15, -0.1) is 0 Å². The zero-order chi connectivity index (χ0) is 14.7. The van der Waals surface area contributed by atoms with Crippen LogP contribution in [0.4, 0.5) is 4.79 Å².